The lowest BCUT2D eigenvalue weighted by Gasteiger charge is -2.12. The maximum absolute atomic E-state index is 5.52. The fourth-order valence-electron chi connectivity index (χ4n) is 1.14. The summed E-state index contributed by atoms with van der Waals surface area (Å²) in [7, 11) is 0. The van der Waals surface area contributed by atoms with E-state index in [1.165, 1.54) is 25.7 Å². The average molecular weight is 173 g/mol. The third-order valence-electron chi connectivity index (χ3n) is 1.86. The van der Waals surface area contributed by atoms with Crippen LogP contribution in [0.25, 0.3) is 0 Å². The number of nitrogens with one attached hydrogen (secondary N) is 1. The predicted octanol–water partition coefficient (Wildman–Crippen LogP) is 2.54. The molecule has 0 amide bonds. The fraction of sp³-hybridized carbons (Fsp3) is 1.00. The minimum Gasteiger partial charge on any atom is -0.364 e. The van der Waals surface area contributed by atoms with Crippen molar-refractivity contribution in [2.24, 2.45) is 0 Å². The largest absolute Gasteiger partial charge is 0.364 e. The van der Waals surface area contributed by atoms with Gasteiger partial charge in [0.1, 0.15) is 6.23 Å². The SMILES string of the molecule is CCCCCCOC(C)NCC. The van der Waals surface area contributed by atoms with E-state index in [2.05, 4.69) is 26.1 Å². The van der Waals surface area contributed by atoms with Crippen LogP contribution in [-0.4, -0.2) is 19.4 Å². The smallest absolute Gasteiger partial charge is 0.105 e. The summed E-state index contributed by atoms with van der Waals surface area (Å²) in [6.07, 6.45) is 5.34. The van der Waals surface area contributed by atoms with Crippen LogP contribution in [0.4, 0.5) is 0 Å². The molecule has 0 bridgehead atoms. The van der Waals surface area contributed by atoms with Gasteiger partial charge in [0.15, 0.2) is 0 Å². The van der Waals surface area contributed by atoms with Gasteiger partial charge in [0.25, 0.3) is 0 Å². The average Bonchev–Trinajstić information content (AvgIpc) is 2.05. The van der Waals surface area contributed by atoms with E-state index >= 15 is 0 Å². The third-order valence-corrected chi connectivity index (χ3v) is 1.86. The van der Waals surface area contributed by atoms with Crippen LogP contribution in [0, 0.1) is 0 Å². The van der Waals surface area contributed by atoms with Gasteiger partial charge in [-0.3, -0.25) is 5.32 Å². The first-order valence-corrected chi connectivity index (χ1v) is 5.16. The number of ether oxygens (including phenoxy) is 1. The Morgan fingerprint density at radius 1 is 1.17 bits per heavy atom. The normalized spacial score (nSPS) is 13.2. The van der Waals surface area contributed by atoms with Gasteiger partial charge in [-0.1, -0.05) is 33.1 Å². The van der Waals surface area contributed by atoms with Crippen LogP contribution in [0.15, 0.2) is 0 Å². The monoisotopic (exact) mass is 173 g/mol. The zero-order chi connectivity index (χ0) is 9.23. The Balaban J connectivity index is 2.97. The molecule has 0 fully saturated rings. The van der Waals surface area contributed by atoms with Gasteiger partial charge in [0, 0.05) is 6.61 Å². The molecule has 0 aromatic rings. The summed E-state index contributed by atoms with van der Waals surface area (Å²) >= 11 is 0. The summed E-state index contributed by atoms with van der Waals surface area (Å²) in [5.41, 5.74) is 0. The lowest BCUT2D eigenvalue weighted by molar-refractivity contribution is 0.0416. The van der Waals surface area contributed by atoms with Crippen LogP contribution >= 0.6 is 0 Å². The Labute approximate surface area is 76.7 Å². The Bertz CT molecular complexity index is 85.9. The van der Waals surface area contributed by atoms with Gasteiger partial charge in [-0.2, -0.15) is 0 Å². The molecule has 0 aromatic heterocycles. The van der Waals surface area contributed by atoms with Crippen molar-refractivity contribution in [1.82, 2.24) is 5.32 Å². The van der Waals surface area contributed by atoms with Crippen molar-refractivity contribution in [2.45, 2.75) is 52.7 Å². The Kier molecular flexibility index (Phi) is 8.95. The zero-order valence-corrected chi connectivity index (χ0v) is 8.73. The topological polar surface area (TPSA) is 21.3 Å². The first kappa shape index (κ1) is 11.9. The van der Waals surface area contributed by atoms with E-state index < -0.39 is 0 Å². The van der Waals surface area contributed by atoms with Crippen LogP contribution in [0.3, 0.4) is 0 Å². The van der Waals surface area contributed by atoms with E-state index in [0.29, 0.717) is 0 Å². The highest BCUT2D eigenvalue weighted by molar-refractivity contribution is 4.45. The molecule has 0 rings (SSSR count). The van der Waals surface area contributed by atoms with Crippen LogP contribution < -0.4 is 5.32 Å². The van der Waals surface area contributed by atoms with Crippen LogP contribution in [0.5, 0.6) is 0 Å². The van der Waals surface area contributed by atoms with Gasteiger partial charge in [0.2, 0.25) is 0 Å². The lowest BCUT2D eigenvalue weighted by atomic mass is 10.2. The van der Waals surface area contributed by atoms with Gasteiger partial charge in [0.05, 0.1) is 0 Å². The molecule has 0 heterocycles. The summed E-state index contributed by atoms with van der Waals surface area (Å²) in [5, 5.41) is 3.21. The summed E-state index contributed by atoms with van der Waals surface area (Å²) in [5.74, 6) is 0. The molecule has 0 saturated carbocycles. The lowest BCUT2D eigenvalue weighted by Crippen LogP contribution is -2.28. The quantitative estimate of drug-likeness (QED) is 0.450. The van der Waals surface area contributed by atoms with Crippen molar-refractivity contribution in [2.75, 3.05) is 13.2 Å². The second-order valence-electron chi connectivity index (χ2n) is 3.13. The molecular formula is C10H23NO. The van der Waals surface area contributed by atoms with E-state index in [9.17, 15) is 0 Å². The molecule has 12 heavy (non-hydrogen) atoms. The summed E-state index contributed by atoms with van der Waals surface area (Å²) in [6, 6.07) is 0. The van der Waals surface area contributed by atoms with Gasteiger partial charge < -0.3 is 4.74 Å². The van der Waals surface area contributed by atoms with Crippen molar-refractivity contribution in [1.29, 1.82) is 0 Å². The van der Waals surface area contributed by atoms with E-state index in [0.717, 1.165) is 13.2 Å². The second-order valence-corrected chi connectivity index (χ2v) is 3.13. The van der Waals surface area contributed by atoms with Gasteiger partial charge >= 0.3 is 0 Å². The molecule has 0 radical (unpaired) electrons. The van der Waals surface area contributed by atoms with Crippen LogP contribution in [0.2, 0.25) is 0 Å². The molecule has 74 valence electrons. The molecular weight excluding hydrogens is 150 g/mol. The van der Waals surface area contributed by atoms with Crippen molar-refractivity contribution >= 4 is 0 Å². The molecule has 2 nitrogen and oxygen atoms in total. The van der Waals surface area contributed by atoms with E-state index in [1.807, 2.05) is 0 Å². The first-order chi connectivity index (χ1) is 5.81. The van der Waals surface area contributed by atoms with E-state index in [-0.39, 0.29) is 6.23 Å². The molecule has 1 unspecified atom stereocenters. The highest BCUT2D eigenvalue weighted by Crippen LogP contribution is 1.99. The zero-order valence-electron chi connectivity index (χ0n) is 8.73. The summed E-state index contributed by atoms with van der Waals surface area (Å²) < 4.78 is 5.52. The second kappa shape index (κ2) is 9.01. The maximum atomic E-state index is 5.52. The van der Waals surface area contributed by atoms with Crippen molar-refractivity contribution in [3.05, 3.63) is 0 Å². The maximum Gasteiger partial charge on any atom is 0.105 e. The minimum atomic E-state index is 0.219. The van der Waals surface area contributed by atoms with Gasteiger partial charge in [-0.25, -0.2) is 0 Å². The fourth-order valence-corrected chi connectivity index (χ4v) is 1.14. The molecule has 0 spiro atoms. The third kappa shape index (κ3) is 8.02. The molecule has 2 heteroatoms. The predicted molar refractivity (Wildman–Crippen MR) is 53.2 cm³/mol. The molecule has 0 saturated heterocycles. The molecule has 0 aliphatic heterocycles. The summed E-state index contributed by atoms with van der Waals surface area (Å²) in [6.45, 7) is 8.26. The highest BCUT2D eigenvalue weighted by Gasteiger charge is 1.97. The van der Waals surface area contributed by atoms with E-state index in [4.69, 9.17) is 4.74 Å². The molecule has 1 atom stereocenters. The van der Waals surface area contributed by atoms with E-state index in [1.54, 1.807) is 0 Å². The standard InChI is InChI=1S/C10H23NO/c1-4-6-7-8-9-12-10(3)11-5-2/h10-11H,4-9H2,1-3H3. The summed E-state index contributed by atoms with van der Waals surface area (Å²) in [4.78, 5) is 0. The van der Waals surface area contributed by atoms with Crippen LogP contribution in [0.1, 0.15) is 46.5 Å². The Hall–Kier alpha value is -0.0800. The minimum absolute atomic E-state index is 0.219. The molecule has 0 aromatic carbocycles. The van der Waals surface area contributed by atoms with Gasteiger partial charge in [-0.15, -0.1) is 0 Å². The number of hydrogen-bond donors (Lipinski definition) is 1. The molecule has 1 N–H and O–H groups in total. The van der Waals surface area contributed by atoms with Crippen molar-refractivity contribution in [3.63, 3.8) is 0 Å². The number of rotatable bonds is 8. The highest BCUT2D eigenvalue weighted by atomic mass is 16.5. The first-order valence-electron chi connectivity index (χ1n) is 5.16. The number of unbranched alkanes of at least 4 members (excludes halogenated alkanes) is 3. The molecule has 0 aliphatic carbocycles. The van der Waals surface area contributed by atoms with Gasteiger partial charge in [-0.05, 0) is 19.9 Å². The van der Waals surface area contributed by atoms with Crippen LogP contribution in [-0.2, 0) is 4.74 Å². The molecule has 0 aliphatic rings. The Morgan fingerprint density at radius 2 is 1.92 bits per heavy atom. The Morgan fingerprint density at radius 3 is 2.50 bits per heavy atom. The van der Waals surface area contributed by atoms with Crippen molar-refractivity contribution in [3.8, 4) is 0 Å². The van der Waals surface area contributed by atoms with Crippen molar-refractivity contribution < 1.29 is 4.74 Å². The number of hydrogen-bond acceptors (Lipinski definition) is 2.